The van der Waals surface area contributed by atoms with Gasteiger partial charge in [0.15, 0.2) is 0 Å². The van der Waals surface area contributed by atoms with Gasteiger partial charge in [-0.15, -0.1) is 0 Å². The van der Waals surface area contributed by atoms with Gasteiger partial charge in [-0.1, -0.05) is 28.1 Å². The van der Waals surface area contributed by atoms with Crippen molar-refractivity contribution in [1.82, 2.24) is 10.2 Å². The first kappa shape index (κ1) is 13.6. The van der Waals surface area contributed by atoms with Crippen molar-refractivity contribution in [2.45, 2.75) is 56.8 Å². The van der Waals surface area contributed by atoms with Crippen LogP contribution in [0, 0.1) is 0 Å². The number of fused-ring (bicyclic) bond motifs is 2. The van der Waals surface area contributed by atoms with Crippen LogP contribution in [0.4, 0.5) is 0 Å². The zero-order valence-corrected chi connectivity index (χ0v) is 13.4. The molecule has 2 heterocycles. The monoisotopic (exact) mass is 322 g/mol. The molecule has 0 aliphatic carbocycles. The van der Waals surface area contributed by atoms with Gasteiger partial charge in [0.2, 0.25) is 0 Å². The van der Waals surface area contributed by atoms with Crippen LogP contribution in [-0.4, -0.2) is 30.1 Å². The number of hydrogen-bond acceptors (Lipinski definition) is 2. The predicted molar refractivity (Wildman–Crippen MR) is 83.3 cm³/mol. The first-order valence-corrected chi connectivity index (χ1v) is 8.16. The summed E-state index contributed by atoms with van der Waals surface area (Å²) in [5, 5.41) is 3.73. The molecule has 1 aromatic carbocycles. The van der Waals surface area contributed by atoms with E-state index in [4.69, 9.17) is 0 Å². The number of benzene rings is 1. The lowest BCUT2D eigenvalue weighted by molar-refractivity contribution is 0.132. The zero-order chi connectivity index (χ0) is 13.4. The average molecular weight is 323 g/mol. The summed E-state index contributed by atoms with van der Waals surface area (Å²) in [5.74, 6) is 0. The zero-order valence-electron chi connectivity index (χ0n) is 11.8. The quantitative estimate of drug-likeness (QED) is 0.912. The minimum atomic E-state index is 0.496. The molecule has 0 spiro atoms. The van der Waals surface area contributed by atoms with Crippen molar-refractivity contribution in [1.29, 1.82) is 0 Å². The fraction of sp³-hybridized carbons (Fsp3) is 0.625. The molecule has 3 heteroatoms. The SMILES string of the molecule is CC(c1ccc(Br)cc1)N(C)C1CC2CCC(C1)N2. The molecule has 0 amide bonds. The molecule has 2 aliphatic heterocycles. The van der Waals surface area contributed by atoms with Gasteiger partial charge in [-0.25, -0.2) is 0 Å². The van der Waals surface area contributed by atoms with Gasteiger partial charge >= 0.3 is 0 Å². The fourth-order valence-corrected chi connectivity index (χ4v) is 3.92. The molecule has 0 aromatic heterocycles. The first-order chi connectivity index (χ1) is 9.13. The van der Waals surface area contributed by atoms with Gasteiger partial charge < -0.3 is 5.32 Å². The summed E-state index contributed by atoms with van der Waals surface area (Å²) < 4.78 is 1.16. The van der Waals surface area contributed by atoms with E-state index < -0.39 is 0 Å². The number of piperidine rings is 1. The Kier molecular flexibility index (Phi) is 3.97. The van der Waals surface area contributed by atoms with Crippen LogP contribution in [0.2, 0.25) is 0 Å². The Morgan fingerprint density at radius 1 is 1.16 bits per heavy atom. The van der Waals surface area contributed by atoms with Gasteiger partial charge in [0.25, 0.3) is 0 Å². The molecule has 3 rings (SSSR count). The first-order valence-electron chi connectivity index (χ1n) is 7.37. The second-order valence-corrected chi connectivity index (χ2v) is 7.07. The van der Waals surface area contributed by atoms with Crippen LogP contribution in [0.25, 0.3) is 0 Å². The van der Waals surface area contributed by atoms with Crippen molar-refractivity contribution in [3.63, 3.8) is 0 Å². The minimum absolute atomic E-state index is 0.496. The van der Waals surface area contributed by atoms with Gasteiger partial charge in [-0.3, -0.25) is 4.90 Å². The molecule has 2 fully saturated rings. The Bertz CT molecular complexity index is 419. The topological polar surface area (TPSA) is 15.3 Å². The summed E-state index contributed by atoms with van der Waals surface area (Å²) in [6.07, 6.45) is 5.38. The van der Waals surface area contributed by atoms with Gasteiger partial charge in [-0.05, 0) is 57.4 Å². The Morgan fingerprint density at radius 3 is 2.32 bits per heavy atom. The van der Waals surface area contributed by atoms with E-state index in [2.05, 4.69) is 64.4 Å². The second kappa shape index (κ2) is 5.55. The maximum absolute atomic E-state index is 3.73. The van der Waals surface area contributed by atoms with Crippen LogP contribution < -0.4 is 5.32 Å². The Morgan fingerprint density at radius 2 is 1.74 bits per heavy atom. The van der Waals surface area contributed by atoms with Gasteiger partial charge in [-0.2, -0.15) is 0 Å². The van der Waals surface area contributed by atoms with Gasteiger partial charge in [0.05, 0.1) is 0 Å². The molecule has 3 unspecified atom stereocenters. The lowest BCUT2D eigenvalue weighted by atomic mass is 9.96. The number of hydrogen-bond donors (Lipinski definition) is 1. The Balaban J connectivity index is 1.69. The van der Waals surface area contributed by atoms with Crippen molar-refractivity contribution in [2.24, 2.45) is 0 Å². The molecule has 3 atom stereocenters. The van der Waals surface area contributed by atoms with Crippen LogP contribution in [0.5, 0.6) is 0 Å². The Labute approximate surface area is 124 Å². The van der Waals surface area contributed by atoms with Crippen molar-refractivity contribution in [3.8, 4) is 0 Å². The highest BCUT2D eigenvalue weighted by molar-refractivity contribution is 9.10. The number of rotatable bonds is 3. The summed E-state index contributed by atoms with van der Waals surface area (Å²) in [7, 11) is 2.29. The van der Waals surface area contributed by atoms with E-state index in [9.17, 15) is 0 Å². The predicted octanol–water partition coefficient (Wildman–Crippen LogP) is 3.72. The van der Waals surface area contributed by atoms with E-state index in [-0.39, 0.29) is 0 Å². The normalized spacial score (nSPS) is 31.7. The molecule has 2 aliphatic rings. The molecular formula is C16H23BrN2. The molecule has 1 aromatic rings. The lowest BCUT2D eigenvalue weighted by Gasteiger charge is -2.39. The van der Waals surface area contributed by atoms with Crippen molar-refractivity contribution in [3.05, 3.63) is 34.3 Å². The summed E-state index contributed by atoms with van der Waals surface area (Å²) in [6, 6.07) is 11.5. The standard InChI is InChI=1S/C16H23BrN2/c1-11(12-3-5-13(17)6-4-12)19(2)16-9-14-7-8-15(10-16)18-14/h3-6,11,14-16,18H,7-10H2,1-2H3. The van der Waals surface area contributed by atoms with Crippen molar-refractivity contribution in [2.75, 3.05) is 7.05 Å². The molecule has 2 nitrogen and oxygen atoms in total. The lowest BCUT2D eigenvalue weighted by Crippen LogP contribution is -2.47. The number of nitrogens with one attached hydrogen (secondary N) is 1. The molecule has 104 valence electrons. The third-order valence-electron chi connectivity index (χ3n) is 4.99. The van der Waals surface area contributed by atoms with Crippen LogP contribution in [0.3, 0.4) is 0 Å². The minimum Gasteiger partial charge on any atom is -0.311 e. The Hall–Kier alpha value is -0.380. The van der Waals surface area contributed by atoms with E-state index in [1.165, 1.54) is 31.2 Å². The molecule has 2 saturated heterocycles. The van der Waals surface area contributed by atoms with Crippen LogP contribution in [0.1, 0.15) is 44.2 Å². The van der Waals surface area contributed by atoms with E-state index >= 15 is 0 Å². The molecule has 2 bridgehead atoms. The third kappa shape index (κ3) is 2.88. The highest BCUT2D eigenvalue weighted by atomic mass is 79.9. The summed E-state index contributed by atoms with van der Waals surface area (Å²) >= 11 is 3.51. The van der Waals surface area contributed by atoms with E-state index in [0.717, 1.165) is 22.6 Å². The highest BCUT2D eigenvalue weighted by Gasteiger charge is 2.36. The maximum atomic E-state index is 3.73. The summed E-state index contributed by atoms with van der Waals surface area (Å²) in [6.45, 7) is 2.33. The number of nitrogens with zero attached hydrogens (tertiary/aromatic N) is 1. The van der Waals surface area contributed by atoms with Crippen LogP contribution in [-0.2, 0) is 0 Å². The maximum Gasteiger partial charge on any atom is 0.0319 e. The van der Waals surface area contributed by atoms with E-state index in [1.807, 2.05) is 0 Å². The summed E-state index contributed by atoms with van der Waals surface area (Å²) in [4.78, 5) is 2.58. The van der Waals surface area contributed by atoms with Crippen LogP contribution in [0.15, 0.2) is 28.7 Å². The fourth-order valence-electron chi connectivity index (χ4n) is 3.65. The molecule has 1 N–H and O–H groups in total. The van der Waals surface area contributed by atoms with Gasteiger partial charge in [0.1, 0.15) is 0 Å². The molecule has 0 radical (unpaired) electrons. The average Bonchev–Trinajstić information content (AvgIpc) is 2.76. The highest BCUT2D eigenvalue weighted by Crippen LogP contribution is 2.33. The van der Waals surface area contributed by atoms with Crippen LogP contribution >= 0.6 is 15.9 Å². The van der Waals surface area contributed by atoms with Crippen molar-refractivity contribution < 1.29 is 0 Å². The van der Waals surface area contributed by atoms with E-state index in [1.54, 1.807) is 0 Å². The van der Waals surface area contributed by atoms with Crippen molar-refractivity contribution >= 4 is 15.9 Å². The smallest absolute Gasteiger partial charge is 0.0319 e. The molecule has 0 saturated carbocycles. The largest absolute Gasteiger partial charge is 0.311 e. The molecule has 19 heavy (non-hydrogen) atoms. The van der Waals surface area contributed by atoms with Gasteiger partial charge in [0, 0.05) is 28.6 Å². The number of halogens is 1. The second-order valence-electron chi connectivity index (χ2n) is 6.16. The third-order valence-corrected chi connectivity index (χ3v) is 5.52. The summed E-state index contributed by atoms with van der Waals surface area (Å²) in [5.41, 5.74) is 1.41. The van der Waals surface area contributed by atoms with E-state index in [0.29, 0.717) is 6.04 Å². The molecular weight excluding hydrogens is 300 g/mol.